The summed E-state index contributed by atoms with van der Waals surface area (Å²) in [6.45, 7) is 6.12. The molecule has 1 N–H and O–H groups in total. The van der Waals surface area contributed by atoms with E-state index in [-0.39, 0.29) is 30.0 Å². The van der Waals surface area contributed by atoms with E-state index in [2.05, 4.69) is 0 Å². The lowest BCUT2D eigenvalue weighted by Gasteiger charge is -2.38. The van der Waals surface area contributed by atoms with E-state index in [0.29, 0.717) is 6.61 Å². The van der Waals surface area contributed by atoms with Crippen LogP contribution < -0.4 is 0 Å². The molecule has 3 atom stereocenters. The molecule has 2 saturated heterocycles. The lowest BCUT2D eigenvalue weighted by molar-refractivity contribution is -0.159. The average molecular weight is 228 g/mol. The third kappa shape index (κ3) is 1.39. The number of carbonyl (C=O) groups is 1. The molecule has 0 radical (unpaired) electrons. The monoisotopic (exact) mass is 228 g/mol. The highest BCUT2D eigenvalue weighted by atomic mass is 16.6. The molecule has 0 spiro atoms. The number of esters is 1. The van der Waals surface area contributed by atoms with Crippen LogP contribution in [0.3, 0.4) is 0 Å². The number of carbonyl (C=O) groups excluding carboxylic acids is 1. The van der Waals surface area contributed by atoms with Gasteiger partial charge >= 0.3 is 5.97 Å². The number of aliphatic hydroxyl groups excluding tert-OH is 1. The van der Waals surface area contributed by atoms with Gasteiger partial charge < -0.3 is 14.6 Å². The van der Waals surface area contributed by atoms with Gasteiger partial charge in [0.15, 0.2) is 0 Å². The number of aliphatic hydroxyl groups is 1. The van der Waals surface area contributed by atoms with Crippen LogP contribution in [0.4, 0.5) is 0 Å². The maximum atomic E-state index is 12.0. The van der Waals surface area contributed by atoms with Crippen molar-refractivity contribution in [3.05, 3.63) is 0 Å². The van der Waals surface area contributed by atoms with Crippen LogP contribution in [0.1, 0.15) is 33.6 Å². The van der Waals surface area contributed by atoms with Crippen molar-refractivity contribution in [1.29, 1.82) is 0 Å². The minimum atomic E-state index is -0.694. The molecule has 0 saturated carbocycles. The first-order valence-corrected chi connectivity index (χ1v) is 5.93. The number of hydrogen-bond donors (Lipinski definition) is 1. The largest absolute Gasteiger partial charge is 0.466 e. The highest BCUT2D eigenvalue weighted by molar-refractivity contribution is 5.76. The average Bonchev–Trinajstić information content (AvgIpc) is 2.72. The molecule has 0 aromatic heterocycles. The van der Waals surface area contributed by atoms with E-state index in [1.807, 2.05) is 13.8 Å². The molecule has 4 nitrogen and oxygen atoms in total. The quantitative estimate of drug-likeness (QED) is 0.735. The Morgan fingerprint density at radius 3 is 2.81 bits per heavy atom. The molecule has 0 amide bonds. The molecule has 0 unspecified atom stereocenters. The Hall–Kier alpha value is -0.610. The molecule has 0 aromatic rings. The minimum Gasteiger partial charge on any atom is -0.466 e. The summed E-state index contributed by atoms with van der Waals surface area (Å²) in [7, 11) is 0. The van der Waals surface area contributed by atoms with Crippen LogP contribution in [0.2, 0.25) is 0 Å². The van der Waals surface area contributed by atoms with Crippen molar-refractivity contribution in [2.75, 3.05) is 13.2 Å². The predicted octanol–water partition coefficient (Wildman–Crippen LogP) is 1.12. The lowest BCUT2D eigenvalue weighted by Crippen LogP contribution is -2.49. The summed E-state index contributed by atoms with van der Waals surface area (Å²) in [5.74, 6) is -0.576. The summed E-state index contributed by atoms with van der Waals surface area (Å²) in [6.07, 6.45) is 1.74. The summed E-state index contributed by atoms with van der Waals surface area (Å²) in [6, 6.07) is 0. The van der Waals surface area contributed by atoms with E-state index < -0.39 is 5.60 Å². The van der Waals surface area contributed by atoms with Crippen LogP contribution in [-0.4, -0.2) is 36.0 Å². The summed E-state index contributed by atoms with van der Waals surface area (Å²) >= 11 is 0. The van der Waals surface area contributed by atoms with Crippen LogP contribution in [0.25, 0.3) is 0 Å². The molecule has 0 aromatic carbocycles. The van der Waals surface area contributed by atoms with Gasteiger partial charge in [-0.1, -0.05) is 13.8 Å². The van der Waals surface area contributed by atoms with Crippen molar-refractivity contribution >= 4 is 5.97 Å². The zero-order chi connectivity index (χ0) is 12.0. The van der Waals surface area contributed by atoms with E-state index in [4.69, 9.17) is 9.47 Å². The SMILES string of the molecule is CCOC(=O)[C@H]1C(C)(C)[C@@H]2CC[C@@]1(CO)O2. The maximum Gasteiger partial charge on any atom is 0.312 e. The Morgan fingerprint density at radius 1 is 1.56 bits per heavy atom. The zero-order valence-electron chi connectivity index (χ0n) is 10.2. The standard InChI is InChI=1S/C12H20O4/c1-4-15-10(14)9-11(2,3)8-5-6-12(9,7-13)16-8/h8-9,13H,4-7H2,1-3H3/t8-,9-,12-/m0/s1. The van der Waals surface area contributed by atoms with Gasteiger partial charge in [0.1, 0.15) is 5.60 Å². The third-order valence-electron chi connectivity index (χ3n) is 4.10. The van der Waals surface area contributed by atoms with Gasteiger partial charge in [0.2, 0.25) is 0 Å². The van der Waals surface area contributed by atoms with E-state index >= 15 is 0 Å². The normalized spacial score (nSPS) is 40.0. The second kappa shape index (κ2) is 3.70. The van der Waals surface area contributed by atoms with E-state index in [1.165, 1.54) is 0 Å². The molecule has 0 aliphatic carbocycles. The van der Waals surface area contributed by atoms with Gasteiger partial charge in [0.25, 0.3) is 0 Å². The fourth-order valence-electron chi connectivity index (χ4n) is 3.33. The second-order valence-electron chi connectivity index (χ2n) is 5.37. The molecule has 2 aliphatic rings. The summed E-state index contributed by atoms with van der Waals surface area (Å²) in [4.78, 5) is 12.0. The van der Waals surface area contributed by atoms with Crippen molar-refractivity contribution < 1.29 is 19.4 Å². The Balaban J connectivity index is 2.29. The van der Waals surface area contributed by atoms with E-state index in [1.54, 1.807) is 6.92 Å². The Labute approximate surface area is 95.9 Å². The fourth-order valence-corrected chi connectivity index (χ4v) is 3.33. The van der Waals surface area contributed by atoms with E-state index in [9.17, 15) is 9.90 Å². The van der Waals surface area contributed by atoms with Gasteiger partial charge in [-0.25, -0.2) is 0 Å². The Morgan fingerprint density at radius 2 is 2.25 bits per heavy atom. The van der Waals surface area contributed by atoms with Gasteiger partial charge in [-0.3, -0.25) is 4.79 Å². The second-order valence-corrected chi connectivity index (χ2v) is 5.37. The number of ether oxygens (including phenoxy) is 2. The third-order valence-corrected chi connectivity index (χ3v) is 4.10. The molecular formula is C12H20O4. The van der Waals surface area contributed by atoms with Crippen molar-refractivity contribution in [2.24, 2.45) is 11.3 Å². The smallest absolute Gasteiger partial charge is 0.312 e. The first kappa shape index (κ1) is 11.9. The molecule has 2 fully saturated rings. The topological polar surface area (TPSA) is 55.8 Å². The Kier molecular flexibility index (Phi) is 2.75. The summed E-state index contributed by atoms with van der Waals surface area (Å²) in [5.41, 5.74) is -0.937. The highest BCUT2D eigenvalue weighted by Crippen LogP contribution is 2.57. The van der Waals surface area contributed by atoms with Gasteiger partial charge in [0.05, 0.1) is 25.2 Å². The van der Waals surface area contributed by atoms with Crippen molar-refractivity contribution in [2.45, 2.75) is 45.3 Å². The maximum absolute atomic E-state index is 12.0. The number of hydrogen-bond acceptors (Lipinski definition) is 4. The van der Waals surface area contributed by atoms with Crippen LogP contribution >= 0.6 is 0 Å². The molecule has 2 aliphatic heterocycles. The lowest BCUT2D eigenvalue weighted by atomic mass is 9.64. The van der Waals surface area contributed by atoms with Crippen LogP contribution in [0.15, 0.2) is 0 Å². The van der Waals surface area contributed by atoms with Crippen LogP contribution in [0, 0.1) is 11.3 Å². The summed E-state index contributed by atoms with van der Waals surface area (Å²) in [5, 5.41) is 9.53. The fraction of sp³-hybridized carbons (Fsp3) is 0.917. The van der Waals surface area contributed by atoms with Crippen molar-refractivity contribution in [3.8, 4) is 0 Å². The van der Waals surface area contributed by atoms with Crippen LogP contribution in [0.5, 0.6) is 0 Å². The predicted molar refractivity (Wildman–Crippen MR) is 57.8 cm³/mol. The number of rotatable bonds is 3. The van der Waals surface area contributed by atoms with Gasteiger partial charge in [-0.05, 0) is 19.8 Å². The molecule has 92 valence electrons. The zero-order valence-corrected chi connectivity index (χ0v) is 10.2. The molecule has 2 heterocycles. The number of fused-ring (bicyclic) bond motifs is 2. The molecule has 16 heavy (non-hydrogen) atoms. The van der Waals surface area contributed by atoms with Gasteiger partial charge in [0, 0.05) is 5.41 Å². The molecule has 2 bridgehead atoms. The first-order valence-electron chi connectivity index (χ1n) is 5.93. The van der Waals surface area contributed by atoms with Gasteiger partial charge in [-0.15, -0.1) is 0 Å². The Bertz CT molecular complexity index is 299. The molecular weight excluding hydrogens is 208 g/mol. The molecule has 2 rings (SSSR count). The highest BCUT2D eigenvalue weighted by Gasteiger charge is 2.66. The summed E-state index contributed by atoms with van der Waals surface area (Å²) < 4.78 is 11.0. The molecule has 4 heteroatoms. The minimum absolute atomic E-state index is 0.0639. The van der Waals surface area contributed by atoms with Crippen LogP contribution in [-0.2, 0) is 14.3 Å². The van der Waals surface area contributed by atoms with Crippen molar-refractivity contribution in [1.82, 2.24) is 0 Å². The first-order chi connectivity index (χ1) is 7.48. The van der Waals surface area contributed by atoms with Gasteiger partial charge in [-0.2, -0.15) is 0 Å². The van der Waals surface area contributed by atoms with Crippen molar-refractivity contribution in [3.63, 3.8) is 0 Å². The van der Waals surface area contributed by atoms with E-state index in [0.717, 1.165) is 12.8 Å².